The van der Waals surface area contributed by atoms with Crippen LogP contribution in [0.1, 0.15) is 62.9 Å². The van der Waals surface area contributed by atoms with Crippen LogP contribution in [-0.2, 0) is 22.6 Å². The average Bonchev–Trinajstić information content (AvgIpc) is 2.96. The molecule has 5 nitrogen and oxygen atoms in total. The Balaban J connectivity index is 1.60. The zero-order valence-corrected chi connectivity index (χ0v) is 15.5. The number of aromatic nitrogens is 1. The van der Waals surface area contributed by atoms with Crippen LogP contribution in [0.3, 0.4) is 0 Å². The Kier molecular flexibility index (Phi) is 5.54. The van der Waals surface area contributed by atoms with E-state index in [0.717, 1.165) is 49.2 Å². The molecule has 1 aromatic rings. The quantitative estimate of drug-likeness (QED) is 0.903. The summed E-state index contributed by atoms with van der Waals surface area (Å²) in [5.41, 5.74) is 1.05. The molecule has 132 valence electrons. The van der Waals surface area contributed by atoms with Gasteiger partial charge in [-0.25, -0.2) is 4.98 Å². The Bertz CT molecular complexity index is 605. The molecule has 2 heterocycles. The lowest BCUT2D eigenvalue weighted by atomic mass is 9.89. The SMILES string of the molecule is CC(C)CC(=O)N1CCc2nc(NC(=O)C3CCCCC3)sc2C1. The highest BCUT2D eigenvalue weighted by atomic mass is 32.1. The largest absolute Gasteiger partial charge is 0.337 e. The summed E-state index contributed by atoms with van der Waals surface area (Å²) in [6, 6.07) is 0. The minimum Gasteiger partial charge on any atom is -0.337 e. The van der Waals surface area contributed by atoms with E-state index in [0.29, 0.717) is 24.0 Å². The summed E-state index contributed by atoms with van der Waals surface area (Å²) in [6.07, 6.45) is 6.92. The molecule has 0 bridgehead atoms. The van der Waals surface area contributed by atoms with Gasteiger partial charge in [0.05, 0.1) is 12.2 Å². The van der Waals surface area contributed by atoms with Crippen molar-refractivity contribution >= 4 is 28.3 Å². The molecule has 24 heavy (non-hydrogen) atoms. The highest BCUT2D eigenvalue weighted by Gasteiger charge is 2.26. The van der Waals surface area contributed by atoms with Crippen molar-refractivity contribution in [1.29, 1.82) is 0 Å². The number of fused-ring (bicyclic) bond motifs is 1. The Hall–Kier alpha value is -1.43. The fourth-order valence-corrected chi connectivity index (χ4v) is 4.54. The Morgan fingerprint density at radius 2 is 2.04 bits per heavy atom. The first-order chi connectivity index (χ1) is 11.5. The standard InChI is InChI=1S/C18H27N3O2S/c1-12(2)10-16(22)21-9-8-14-15(11-21)24-18(19-14)20-17(23)13-6-4-3-5-7-13/h12-13H,3-11H2,1-2H3,(H,19,20,23). The summed E-state index contributed by atoms with van der Waals surface area (Å²) in [7, 11) is 0. The monoisotopic (exact) mass is 349 g/mol. The predicted molar refractivity (Wildman–Crippen MR) is 95.9 cm³/mol. The maximum absolute atomic E-state index is 12.4. The molecule has 0 radical (unpaired) electrons. The van der Waals surface area contributed by atoms with E-state index in [1.54, 1.807) is 0 Å². The maximum atomic E-state index is 12.4. The molecule has 0 spiro atoms. The number of hydrogen-bond donors (Lipinski definition) is 1. The van der Waals surface area contributed by atoms with Crippen molar-refractivity contribution < 1.29 is 9.59 Å². The molecule has 1 aliphatic heterocycles. The molecule has 1 fully saturated rings. The topological polar surface area (TPSA) is 62.3 Å². The van der Waals surface area contributed by atoms with Crippen molar-refractivity contribution in [2.45, 2.75) is 65.3 Å². The molecule has 0 unspecified atom stereocenters. The van der Waals surface area contributed by atoms with Crippen LogP contribution in [0, 0.1) is 11.8 Å². The highest BCUT2D eigenvalue weighted by Crippen LogP contribution is 2.30. The van der Waals surface area contributed by atoms with Gasteiger partial charge in [0.25, 0.3) is 0 Å². The lowest BCUT2D eigenvalue weighted by Gasteiger charge is -2.26. The molecule has 2 aliphatic rings. The summed E-state index contributed by atoms with van der Waals surface area (Å²) >= 11 is 1.53. The third kappa shape index (κ3) is 4.15. The Labute approximate surface area is 147 Å². The van der Waals surface area contributed by atoms with E-state index in [-0.39, 0.29) is 17.7 Å². The van der Waals surface area contributed by atoms with Crippen molar-refractivity contribution in [3.05, 3.63) is 10.6 Å². The summed E-state index contributed by atoms with van der Waals surface area (Å²) in [5, 5.41) is 3.71. The van der Waals surface area contributed by atoms with Crippen LogP contribution in [0.15, 0.2) is 0 Å². The van der Waals surface area contributed by atoms with Crippen LogP contribution in [0.25, 0.3) is 0 Å². The number of anilines is 1. The molecule has 0 atom stereocenters. The van der Waals surface area contributed by atoms with E-state index in [1.807, 2.05) is 4.90 Å². The van der Waals surface area contributed by atoms with Crippen LogP contribution < -0.4 is 5.32 Å². The van der Waals surface area contributed by atoms with Crippen LogP contribution >= 0.6 is 11.3 Å². The molecule has 0 aromatic carbocycles. The summed E-state index contributed by atoms with van der Waals surface area (Å²) in [6.45, 7) is 5.51. The lowest BCUT2D eigenvalue weighted by Crippen LogP contribution is -2.36. The van der Waals surface area contributed by atoms with E-state index in [1.165, 1.54) is 17.8 Å². The van der Waals surface area contributed by atoms with Gasteiger partial charge in [0.15, 0.2) is 5.13 Å². The van der Waals surface area contributed by atoms with Crippen LogP contribution in [0.4, 0.5) is 5.13 Å². The second-order valence-corrected chi connectivity index (χ2v) is 8.46. The lowest BCUT2D eigenvalue weighted by molar-refractivity contribution is -0.132. The smallest absolute Gasteiger partial charge is 0.229 e. The van der Waals surface area contributed by atoms with Crippen molar-refractivity contribution in [3.63, 3.8) is 0 Å². The van der Waals surface area contributed by atoms with Gasteiger partial charge in [-0.15, -0.1) is 0 Å². The van der Waals surface area contributed by atoms with E-state index in [4.69, 9.17) is 0 Å². The second-order valence-electron chi connectivity index (χ2n) is 7.38. The molecular formula is C18H27N3O2S. The van der Waals surface area contributed by atoms with Gasteiger partial charge in [0.2, 0.25) is 11.8 Å². The van der Waals surface area contributed by atoms with Crippen molar-refractivity contribution in [1.82, 2.24) is 9.88 Å². The summed E-state index contributed by atoms with van der Waals surface area (Å²) in [4.78, 5) is 32.3. The van der Waals surface area contributed by atoms with Crippen LogP contribution in [-0.4, -0.2) is 28.2 Å². The third-order valence-corrected chi connectivity index (χ3v) is 5.87. The van der Waals surface area contributed by atoms with E-state index >= 15 is 0 Å². The number of hydrogen-bond acceptors (Lipinski definition) is 4. The van der Waals surface area contributed by atoms with Gasteiger partial charge in [0, 0.05) is 30.2 Å². The molecule has 1 saturated carbocycles. The predicted octanol–water partition coefficient (Wildman–Crippen LogP) is 3.59. The number of thiazole rings is 1. The van der Waals surface area contributed by atoms with Gasteiger partial charge >= 0.3 is 0 Å². The Morgan fingerprint density at radius 1 is 1.29 bits per heavy atom. The number of nitrogens with zero attached hydrogens (tertiary/aromatic N) is 2. The van der Waals surface area contributed by atoms with Crippen LogP contribution in [0.5, 0.6) is 0 Å². The first-order valence-electron chi connectivity index (χ1n) is 9.10. The zero-order valence-electron chi connectivity index (χ0n) is 14.6. The maximum Gasteiger partial charge on any atom is 0.229 e. The van der Waals surface area contributed by atoms with Gasteiger partial charge < -0.3 is 10.2 Å². The van der Waals surface area contributed by atoms with Crippen LogP contribution in [0.2, 0.25) is 0 Å². The molecule has 1 aliphatic carbocycles. The number of nitrogens with one attached hydrogen (secondary N) is 1. The fourth-order valence-electron chi connectivity index (χ4n) is 3.51. The van der Waals surface area contributed by atoms with Crippen molar-refractivity contribution in [2.75, 3.05) is 11.9 Å². The molecule has 6 heteroatoms. The van der Waals surface area contributed by atoms with Gasteiger partial charge in [-0.1, -0.05) is 44.4 Å². The molecular weight excluding hydrogens is 322 g/mol. The summed E-state index contributed by atoms with van der Waals surface area (Å²) in [5.74, 6) is 0.861. The zero-order chi connectivity index (χ0) is 17.1. The number of rotatable bonds is 4. The minimum absolute atomic E-state index is 0.119. The van der Waals surface area contributed by atoms with Gasteiger partial charge in [0.1, 0.15) is 0 Å². The highest BCUT2D eigenvalue weighted by molar-refractivity contribution is 7.15. The molecule has 0 saturated heterocycles. The first-order valence-corrected chi connectivity index (χ1v) is 9.92. The van der Waals surface area contributed by atoms with E-state index in [9.17, 15) is 9.59 Å². The van der Waals surface area contributed by atoms with Crippen molar-refractivity contribution in [3.8, 4) is 0 Å². The van der Waals surface area contributed by atoms with Crippen molar-refractivity contribution in [2.24, 2.45) is 11.8 Å². The molecule has 3 rings (SSSR count). The Morgan fingerprint density at radius 3 is 2.75 bits per heavy atom. The van der Waals surface area contributed by atoms with Gasteiger partial charge in [-0.2, -0.15) is 0 Å². The number of amides is 2. The van der Waals surface area contributed by atoms with Gasteiger partial charge in [-0.3, -0.25) is 9.59 Å². The van der Waals surface area contributed by atoms with E-state index in [2.05, 4.69) is 24.1 Å². The van der Waals surface area contributed by atoms with E-state index < -0.39 is 0 Å². The number of carbonyl (C=O) groups is 2. The normalized spacial score (nSPS) is 18.5. The minimum atomic E-state index is 0.119. The summed E-state index contributed by atoms with van der Waals surface area (Å²) < 4.78 is 0. The first kappa shape index (κ1) is 17.4. The average molecular weight is 350 g/mol. The second kappa shape index (κ2) is 7.64. The molecule has 2 amide bonds. The number of carbonyl (C=O) groups excluding carboxylic acids is 2. The van der Waals surface area contributed by atoms with Gasteiger partial charge in [-0.05, 0) is 18.8 Å². The molecule has 1 aromatic heterocycles. The third-order valence-electron chi connectivity index (χ3n) is 4.87. The molecule has 1 N–H and O–H groups in total. The fraction of sp³-hybridized carbons (Fsp3) is 0.722.